The molecule has 6 nitrogen and oxygen atoms in total. The van der Waals surface area contributed by atoms with Crippen LogP contribution in [0, 0.1) is 12.8 Å². The first kappa shape index (κ1) is 21.1. The van der Waals surface area contributed by atoms with E-state index in [9.17, 15) is 18.3 Å². The zero-order valence-corrected chi connectivity index (χ0v) is 16.6. The van der Waals surface area contributed by atoms with Crippen LogP contribution in [-0.2, 0) is 21.4 Å². The first-order valence-corrected chi connectivity index (χ1v) is 10.3. The van der Waals surface area contributed by atoms with Crippen molar-refractivity contribution in [3.05, 3.63) is 59.7 Å². The summed E-state index contributed by atoms with van der Waals surface area (Å²) in [6.07, 6.45) is 0.358. The summed E-state index contributed by atoms with van der Waals surface area (Å²) in [5.41, 5.74) is 2.12. The summed E-state index contributed by atoms with van der Waals surface area (Å²) in [6, 6.07) is 12.4. The van der Waals surface area contributed by atoms with Crippen LogP contribution >= 0.6 is 0 Å². The minimum Gasteiger partial charge on any atom is -0.392 e. The molecule has 0 radical (unpaired) electrons. The molecule has 2 aromatic carbocycles. The highest BCUT2D eigenvalue weighted by Crippen LogP contribution is 2.16. The van der Waals surface area contributed by atoms with E-state index in [4.69, 9.17) is 0 Å². The van der Waals surface area contributed by atoms with E-state index in [0.29, 0.717) is 17.7 Å². The molecule has 146 valence electrons. The number of aryl methyl sites for hydroxylation is 1. The molecular formula is C20H26N2O4S. The van der Waals surface area contributed by atoms with Crippen molar-refractivity contribution in [1.29, 1.82) is 0 Å². The summed E-state index contributed by atoms with van der Waals surface area (Å²) in [5.74, 6) is -0.320. The van der Waals surface area contributed by atoms with Gasteiger partial charge >= 0.3 is 0 Å². The number of aliphatic hydroxyl groups is 1. The molecule has 7 heteroatoms. The molecule has 0 aliphatic carbocycles. The molecule has 0 spiro atoms. The van der Waals surface area contributed by atoms with Gasteiger partial charge in [-0.1, -0.05) is 43.7 Å². The maximum absolute atomic E-state index is 12.7. The molecule has 0 heterocycles. The number of anilines is 1. The summed E-state index contributed by atoms with van der Waals surface area (Å²) in [4.78, 5) is 12.8. The summed E-state index contributed by atoms with van der Waals surface area (Å²) in [7, 11) is -3.82. The molecule has 1 unspecified atom stereocenters. The van der Waals surface area contributed by atoms with Crippen LogP contribution in [0.4, 0.5) is 5.69 Å². The summed E-state index contributed by atoms with van der Waals surface area (Å²) in [5, 5.41) is 11.9. The van der Waals surface area contributed by atoms with Crippen molar-refractivity contribution < 1.29 is 18.3 Å². The molecule has 0 aliphatic heterocycles. The predicted octanol–water partition coefficient (Wildman–Crippen LogP) is 2.82. The smallest absolute Gasteiger partial charge is 0.242 e. The fraction of sp³-hybridized carbons (Fsp3) is 0.350. The van der Waals surface area contributed by atoms with Crippen LogP contribution in [0.1, 0.15) is 31.4 Å². The Balaban J connectivity index is 2.20. The van der Waals surface area contributed by atoms with Crippen LogP contribution in [0.15, 0.2) is 53.4 Å². The van der Waals surface area contributed by atoms with Crippen LogP contribution in [0.25, 0.3) is 0 Å². The Hall–Kier alpha value is -2.22. The molecule has 27 heavy (non-hydrogen) atoms. The van der Waals surface area contributed by atoms with Crippen LogP contribution in [0.3, 0.4) is 0 Å². The van der Waals surface area contributed by atoms with Crippen molar-refractivity contribution in [3.63, 3.8) is 0 Å². The van der Waals surface area contributed by atoms with Crippen molar-refractivity contribution in [2.75, 3.05) is 5.32 Å². The molecule has 0 saturated heterocycles. The second-order valence-electron chi connectivity index (χ2n) is 6.96. The van der Waals surface area contributed by atoms with Crippen molar-refractivity contribution in [2.45, 2.75) is 44.7 Å². The normalized spacial score (nSPS) is 12.8. The minimum atomic E-state index is -3.82. The van der Waals surface area contributed by atoms with E-state index in [2.05, 4.69) is 10.0 Å². The molecule has 0 fully saturated rings. The molecule has 0 bridgehead atoms. The first-order chi connectivity index (χ1) is 12.7. The van der Waals surface area contributed by atoms with E-state index >= 15 is 0 Å². The van der Waals surface area contributed by atoms with Crippen molar-refractivity contribution in [2.24, 2.45) is 5.92 Å². The van der Waals surface area contributed by atoms with Gasteiger partial charge in [0.15, 0.2) is 0 Å². The molecule has 0 aliphatic rings. The number of nitrogens with one attached hydrogen (secondary N) is 2. The third-order valence-corrected chi connectivity index (χ3v) is 5.52. The van der Waals surface area contributed by atoms with Gasteiger partial charge in [0.1, 0.15) is 6.04 Å². The number of sulfonamides is 1. The lowest BCUT2D eigenvalue weighted by Gasteiger charge is -2.20. The number of aliphatic hydroxyl groups excluding tert-OH is 1. The number of hydrogen-bond acceptors (Lipinski definition) is 4. The Morgan fingerprint density at radius 3 is 2.37 bits per heavy atom. The topological polar surface area (TPSA) is 95.5 Å². The molecule has 0 aromatic heterocycles. The van der Waals surface area contributed by atoms with Gasteiger partial charge in [0.25, 0.3) is 0 Å². The highest BCUT2D eigenvalue weighted by molar-refractivity contribution is 7.89. The van der Waals surface area contributed by atoms with E-state index in [1.807, 2.05) is 20.8 Å². The zero-order chi connectivity index (χ0) is 20.0. The number of carbonyl (C=O) groups excluding carboxylic acids is 1. The van der Waals surface area contributed by atoms with Crippen molar-refractivity contribution in [1.82, 2.24) is 4.72 Å². The largest absolute Gasteiger partial charge is 0.392 e. The Kier molecular flexibility index (Phi) is 7.12. The van der Waals surface area contributed by atoms with Gasteiger partial charge in [0, 0.05) is 5.69 Å². The van der Waals surface area contributed by atoms with E-state index in [1.54, 1.807) is 36.4 Å². The Bertz CT molecular complexity index is 877. The third kappa shape index (κ3) is 6.16. The number of carbonyl (C=O) groups is 1. The molecule has 1 atom stereocenters. The second-order valence-corrected chi connectivity index (χ2v) is 8.68. The summed E-state index contributed by atoms with van der Waals surface area (Å²) >= 11 is 0. The third-order valence-electron chi connectivity index (χ3n) is 4.03. The monoisotopic (exact) mass is 390 g/mol. The SMILES string of the molecule is Cc1ccc(S(=O)(=O)NC(CC(C)C)C(=O)Nc2cccc(CO)c2)cc1. The fourth-order valence-electron chi connectivity index (χ4n) is 2.63. The predicted molar refractivity (Wildman–Crippen MR) is 106 cm³/mol. The summed E-state index contributed by atoms with van der Waals surface area (Å²) in [6.45, 7) is 5.58. The zero-order valence-electron chi connectivity index (χ0n) is 15.8. The summed E-state index contributed by atoms with van der Waals surface area (Å²) < 4.78 is 27.9. The standard InChI is InChI=1S/C20H26N2O4S/c1-14(2)11-19(20(24)21-17-6-4-5-16(12-17)13-23)22-27(25,26)18-9-7-15(3)8-10-18/h4-10,12,14,19,22-23H,11,13H2,1-3H3,(H,21,24). The lowest BCUT2D eigenvalue weighted by atomic mass is 10.0. The van der Waals surface area contributed by atoms with Gasteiger partial charge in [-0.15, -0.1) is 0 Å². The van der Waals surface area contributed by atoms with E-state index in [-0.39, 0.29) is 17.4 Å². The average molecular weight is 391 g/mol. The molecule has 2 rings (SSSR count). The number of hydrogen-bond donors (Lipinski definition) is 3. The second kappa shape index (κ2) is 9.12. The maximum atomic E-state index is 12.7. The van der Waals surface area contributed by atoms with Gasteiger partial charge in [-0.2, -0.15) is 4.72 Å². The molecule has 2 aromatic rings. The number of benzene rings is 2. The van der Waals surface area contributed by atoms with Gasteiger partial charge in [0.2, 0.25) is 15.9 Å². The molecule has 3 N–H and O–H groups in total. The Labute approximate surface area is 160 Å². The number of amides is 1. The Morgan fingerprint density at radius 2 is 1.78 bits per heavy atom. The highest BCUT2D eigenvalue weighted by atomic mass is 32.2. The maximum Gasteiger partial charge on any atom is 0.242 e. The van der Waals surface area contributed by atoms with Crippen LogP contribution in [-0.4, -0.2) is 25.5 Å². The van der Waals surface area contributed by atoms with Crippen LogP contribution < -0.4 is 10.0 Å². The average Bonchev–Trinajstić information content (AvgIpc) is 2.61. The van der Waals surface area contributed by atoms with Crippen LogP contribution in [0.5, 0.6) is 0 Å². The van der Waals surface area contributed by atoms with Gasteiger partial charge in [-0.3, -0.25) is 4.79 Å². The van der Waals surface area contributed by atoms with Gasteiger partial charge in [-0.05, 0) is 49.1 Å². The van der Waals surface area contributed by atoms with Crippen LogP contribution in [0.2, 0.25) is 0 Å². The van der Waals surface area contributed by atoms with Crippen molar-refractivity contribution in [3.8, 4) is 0 Å². The highest BCUT2D eigenvalue weighted by Gasteiger charge is 2.26. The minimum absolute atomic E-state index is 0.116. The van der Waals surface area contributed by atoms with E-state index < -0.39 is 22.0 Å². The molecule has 0 saturated carbocycles. The fourth-order valence-corrected chi connectivity index (χ4v) is 3.84. The first-order valence-electron chi connectivity index (χ1n) is 8.81. The van der Waals surface area contributed by atoms with Gasteiger partial charge in [-0.25, -0.2) is 8.42 Å². The van der Waals surface area contributed by atoms with E-state index in [0.717, 1.165) is 5.56 Å². The quantitative estimate of drug-likeness (QED) is 0.646. The molecule has 1 amide bonds. The van der Waals surface area contributed by atoms with E-state index in [1.165, 1.54) is 12.1 Å². The number of rotatable bonds is 8. The lowest BCUT2D eigenvalue weighted by molar-refractivity contribution is -0.118. The van der Waals surface area contributed by atoms with Gasteiger partial charge in [0.05, 0.1) is 11.5 Å². The van der Waals surface area contributed by atoms with Crippen molar-refractivity contribution >= 4 is 21.6 Å². The Morgan fingerprint density at radius 1 is 1.11 bits per heavy atom. The lowest BCUT2D eigenvalue weighted by Crippen LogP contribution is -2.44. The molecular weight excluding hydrogens is 364 g/mol. The van der Waals surface area contributed by atoms with Gasteiger partial charge < -0.3 is 10.4 Å².